The second kappa shape index (κ2) is 9.13. The molecule has 4 aromatic rings. The van der Waals surface area contributed by atoms with Gasteiger partial charge in [0.15, 0.2) is 0 Å². The Labute approximate surface area is 174 Å². The van der Waals surface area contributed by atoms with Gasteiger partial charge in [0.2, 0.25) is 5.78 Å². The molecule has 3 heteroatoms. The summed E-state index contributed by atoms with van der Waals surface area (Å²) in [5.74, 6) is 0.159. The summed E-state index contributed by atoms with van der Waals surface area (Å²) in [6.45, 7) is 0. The van der Waals surface area contributed by atoms with Crippen LogP contribution in [0.3, 0.4) is 0 Å². The maximum Gasteiger partial charge on any atom is 0.212 e. The molecule has 0 unspecified atom stereocenters. The number of hydrogen-bond donors (Lipinski definition) is 0. The van der Waals surface area contributed by atoms with Gasteiger partial charge in [-0.15, -0.1) is 22.7 Å². The van der Waals surface area contributed by atoms with E-state index in [1.54, 1.807) is 22.7 Å². The van der Waals surface area contributed by atoms with Crippen LogP contribution in [0.15, 0.2) is 83.6 Å². The first-order valence-corrected chi connectivity index (χ1v) is 11.3. The molecule has 2 aromatic heterocycles. The molecule has 0 amide bonds. The van der Waals surface area contributed by atoms with Gasteiger partial charge in [0.1, 0.15) is 0 Å². The van der Waals surface area contributed by atoms with E-state index in [0.717, 1.165) is 35.4 Å². The normalized spacial score (nSPS) is 10.9. The Bertz CT molecular complexity index is 945. The molecule has 0 aliphatic carbocycles. The van der Waals surface area contributed by atoms with Gasteiger partial charge in [-0.05, 0) is 70.8 Å². The van der Waals surface area contributed by atoms with Crippen molar-refractivity contribution in [3.63, 3.8) is 0 Å². The maximum atomic E-state index is 12.8. The lowest BCUT2D eigenvalue weighted by Gasteiger charge is -1.99. The number of ketones is 1. The molecule has 0 saturated carbocycles. The number of benzene rings is 2. The van der Waals surface area contributed by atoms with Crippen LogP contribution < -0.4 is 0 Å². The summed E-state index contributed by atoms with van der Waals surface area (Å²) in [5, 5.41) is 4.25. The summed E-state index contributed by atoms with van der Waals surface area (Å²) in [5.41, 5.74) is 5.17. The minimum atomic E-state index is 0.159. The lowest BCUT2D eigenvalue weighted by molar-refractivity contribution is 0.104. The zero-order chi connectivity index (χ0) is 19.2. The van der Waals surface area contributed by atoms with Crippen LogP contribution >= 0.6 is 22.7 Å². The lowest BCUT2D eigenvalue weighted by atomic mass is 10.1. The Hall–Kier alpha value is -2.49. The maximum absolute atomic E-state index is 12.8. The lowest BCUT2D eigenvalue weighted by Crippen LogP contribution is -1.96. The molecule has 28 heavy (non-hydrogen) atoms. The van der Waals surface area contributed by atoms with Gasteiger partial charge in [0.05, 0.1) is 9.75 Å². The van der Waals surface area contributed by atoms with Crippen molar-refractivity contribution in [2.75, 3.05) is 0 Å². The van der Waals surface area contributed by atoms with Crippen molar-refractivity contribution in [1.29, 1.82) is 0 Å². The number of carbonyl (C=O) groups is 1. The molecule has 140 valence electrons. The van der Waals surface area contributed by atoms with Crippen molar-refractivity contribution in [3.05, 3.63) is 116 Å². The number of rotatable bonds is 8. The van der Waals surface area contributed by atoms with Gasteiger partial charge < -0.3 is 0 Å². The van der Waals surface area contributed by atoms with Crippen LogP contribution in [0, 0.1) is 0 Å². The molecule has 1 nitrogen and oxygen atoms in total. The third-order valence-electron chi connectivity index (χ3n) is 4.85. The standard InChI is InChI=1S/C25H22OS2/c26-25(23-15-21(17-27-23)13-11-19-7-3-1-4-8-19)24-16-22(18-28-24)14-12-20-9-5-2-6-10-20/h1-10,15-18H,11-14H2. The van der Waals surface area contributed by atoms with Crippen molar-refractivity contribution in [1.82, 2.24) is 0 Å². The fourth-order valence-electron chi connectivity index (χ4n) is 3.24. The predicted octanol–water partition coefficient (Wildman–Crippen LogP) is 6.61. The summed E-state index contributed by atoms with van der Waals surface area (Å²) >= 11 is 3.13. The van der Waals surface area contributed by atoms with E-state index in [1.807, 2.05) is 12.1 Å². The van der Waals surface area contributed by atoms with Gasteiger partial charge in [0, 0.05) is 0 Å². The van der Waals surface area contributed by atoms with E-state index >= 15 is 0 Å². The minimum Gasteiger partial charge on any atom is -0.287 e. The van der Waals surface area contributed by atoms with E-state index in [4.69, 9.17) is 0 Å². The van der Waals surface area contributed by atoms with Crippen molar-refractivity contribution in [3.8, 4) is 0 Å². The first kappa shape index (κ1) is 18.9. The Balaban J connectivity index is 1.35. The first-order chi connectivity index (χ1) is 13.8. The van der Waals surface area contributed by atoms with Crippen LogP contribution in [-0.2, 0) is 25.7 Å². The highest BCUT2D eigenvalue weighted by molar-refractivity contribution is 7.15. The number of carbonyl (C=O) groups excluding carboxylic acids is 1. The molecule has 0 spiro atoms. The van der Waals surface area contributed by atoms with E-state index in [-0.39, 0.29) is 5.78 Å². The molecule has 0 radical (unpaired) electrons. The topological polar surface area (TPSA) is 17.1 Å². The molecule has 0 atom stereocenters. The highest BCUT2D eigenvalue weighted by Gasteiger charge is 2.14. The quantitative estimate of drug-likeness (QED) is 0.303. The van der Waals surface area contributed by atoms with Gasteiger partial charge in [-0.2, -0.15) is 0 Å². The van der Waals surface area contributed by atoms with Gasteiger partial charge in [-0.1, -0.05) is 60.7 Å². The van der Waals surface area contributed by atoms with Crippen LogP contribution in [0.2, 0.25) is 0 Å². The minimum absolute atomic E-state index is 0.159. The van der Waals surface area contributed by atoms with E-state index in [1.165, 1.54) is 22.3 Å². The molecule has 0 saturated heterocycles. The Morgan fingerprint density at radius 3 is 1.39 bits per heavy atom. The molecule has 0 bridgehead atoms. The summed E-state index contributed by atoms with van der Waals surface area (Å²) in [7, 11) is 0. The third-order valence-corrected chi connectivity index (χ3v) is 6.80. The molecule has 0 fully saturated rings. The molecular weight excluding hydrogens is 380 g/mol. The predicted molar refractivity (Wildman–Crippen MR) is 120 cm³/mol. The van der Waals surface area contributed by atoms with Gasteiger partial charge in [0.25, 0.3) is 0 Å². The zero-order valence-corrected chi connectivity index (χ0v) is 17.3. The molecule has 0 N–H and O–H groups in total. The second-order valence-electron chi connectivity index (χ2n) is 6.94. The Kier molecular flexibility index (Phi) is 6.15. The summed E-state index contributed by atoms with van der Waals surface area (Å²) in [6, 6.07) is 25.1. The van der Waals surface area contributed by atoms with Crippen molar-refractivity contribution >= 4 is 28.5 Å². The monoisotopic (exact) mass is 402 g/mol. The Morgan fingerprint density at radius 1 is 0.571 bits per heavy atom. The van der Waals surface area contributed by atoms with E-state index in [0.29, 0.717) is 0 Å². The molecule has 4 rings (SSSR count). The van der Waals surface area contributed by atoms with Gasteiger partial charge in [-0.25, -0.2) is 0 Å². The SMILES string of the molecule is O=C(c1cc(CCc2ccccc2)cs1)c1cc(CCc2ccccc2)cs1. The fourth-order valence-corrected chi connectivity index (χ4v) is 5.11. The van der Waals surface area contributed by atoms with Crippen LogP contribution in [0.25, 0.3) is 0 Å². The number of aryl methyl sites for hydroxylation is 4. The van der Waals surface area contributed by atoms with Crippen molar-refractivity contribution in [2.24, 2.45) is 0 Å². The van der Waals surface area contributed by atoms with Crippen LogP contribution in [-0.4, -0.2) is 5.78 Å². The largest absolute Gasteiger partial charge is 0.287 e. The highest BCUT2D eigenvalue weighted by Crippen LogP contribution is 2.24. The third kappa shape index (κ3) is 4.86. The van der Waals surface area contributed by atoms with Crippen LogP contribution in [0.5, 0.6) is 0 Å². The second-order valence-corrected chi connectivity index (χ2v) is 8.76. The molecule has 0 aliphatic heterocycles. The van der Waals surface area contributed by atoms with E-state index in [2.05, 4.69) is 71.4 Å². The fraction of sp³-hybridized carbons (Fsp3) is 0.160. The van der Waals surface area contributed by atoms with E-state index in [9.17, 15) is 4.79 Å². The van der Waals surface area contributed by atoms with Gasteiger partial charge in [-0.3, -0.25) is 4.79 Å². The van der Waals surface area contributed by atoms with E-state index < -0.39 is 0 Å². The summed E-state index contributed by atoms with van der Waals surface area (Å²) in [4.78, 5) is 14.5. The number of hydrogen-bond acceptors (Lipinski definition) is 3. The first-order valence-electron chi connectivity index (χ1n) is 9.55. The summed E-state index contributed by atoms with van der Waals surface area (Å²) in [6.07, 6.45) is 3.96. The smallest absolute Gasteiger partial charge is 0.212 e. The van der Waals surface area contributed by atoms with Crippen LogP contribution in [0.1, 0.15) is 36.8 Å². The van der Waals surface area contributed by atoms with Crippen molar-refractivity contribution < 1.29 is 4.79 Å². The summed E-state index contributed by atoms with van der Waals surface area (Å²) < 4.78 is 0. The van der Waals surface area contributed by atoms with Gasteiger partial charge >= 0.3 is 0 Å². The molecule has 0 aliphatic rings. The number of thiophene rings is 2. The zero-order valence-electron chi connectivity index (χ0n) is 15.6. The molecule has 2 aromatic carbocycles. The average molecular weight is 403 g/mol. The Morgan fingerprint density at radius 2 is 0.964 bits per heavy atom. The molecular formula is C25H22OS2. The van der Waals surface area contributed by atoms with Crippen LogP contribution in [0.4, 0.5) is 0 Å². The average Bonchev–Trinajstić information content (AvgIpc) is 3.42. The van der Waals surface area contributed by atoms with Crippen molar-refractivity contribution in [2.45, 2.75) is 25.7 Å². The molecule has 2 heterocycles. The highest BCUT2D eigenvalue weighted by atomic mass is 32.1.